The Hall–Kier alpha value is -0.860. The van der Waals surface area contributed by atoms with Gasteiger partial charge >= 0.3 is 0 Å². The van der Waals surface area contributed by atoms with Crippen molar-refractivity contribution in [3.05, 3.63) is 35.4 Å². The normalized spacial score (nSPS) is 31.1. The lowest BCUT2D eigenvalue weighted by Crippen LogP contribution is -2.54. The third-order valence-electron chi connectivity index (χ3n) is 5.66. The van der Waals surface area contributed by atoms with Crippen molar-refractivity contribution in [2.24, 2.45) is 0 Å². The summed E-state index contributed by atoms with van der Waals surface area (Å²) < 4.78 is 0. The molecular formula is C19H30N2. The van der Waals surface area contributed by atoms with Gasteiger partial charge in [-0.2, -0.15) is 0 Å². The van der Waals surface area contributed by atoms with Gasteiger partial charge < -0.3 is 10.2 Å². The lowest BCUT2D eigenvalue weighted by molar-refractivity contribution is 0.0456. The van der Waals surface area contributed by atoms with Crippen molar-refractivity contribution in [1.82, 2.24) is 10.2 Å². The van der Waals surface area contributed by atoms with Crippen molar-refractivity contribution in [2.45, 2.75) is 76.5 Å². The van der Waals surface area contributed by atoms with E-state index in [1.54, 1.807) is 0 Å². The number of rotatable bonds is 4. The fourth-order valence-electron chi connectivity index (χ4n) is 4.28. The van der Waals surface area contributed by atoms with Crippen LogP contribution in [0.25, 0.3) is 0 Å². The Morgan fingerprint density at radius 3 is 2.33 bits per heavy atom. The predicted octanol–water partition coefficient (Wildman–Crippen LogP) is 4.05. The second-order valence-electron chi connectivity index (χ2n) is 7.11. The second kappa shape index (κ2) is 6.50. The number of fused-ring (bicyclic) bond motifs is 2. The first-order chi connectivity index (χ1) is 10.2. The summed E-state index contributed by atoms with van der Waals surface area (Å²) in [4.78, 5) is 2.65. The minimum Gasteiger partial charge on any atom is -0.307 e. The van der Waals surface area contributed by atoms with Crippen LogP contribution < -0.4 is 5.32 Å². The quantitative estimate of drug-likeness (QED) is 0.898. The highest BCUT2D eigenvalue weighted by Gasteiger charge is 2.36. The van der Waals surface area contributed by atoms with Crippen molar-refractivity contribution in [3.8, 4) is 0 Å². The molecule has 0 aromatic heterocycles. The molecule has 1 aromatic carbocycles. The molecule has 3 unspecified atom stereocenters. The number of nitrogens with one attached hydrogen (secondary N) is 1. The van der Waals surface area contributed by atoms with Crippen molar-refractivity contribution >= 4 is 0 Å². The smallest absolute Gasteiger partial charge is 0.0320 e. The molecule has 3 rings (SSSR count). The van der Waals surface area contributed by atoms with Crippen molar-refractivity contribution < 1.29 is 0 Å². The zero-order valence-electron chi connectivity index (χ0n) is 13.8. The SMILES string of the molecule is CCC(NC1CC2CCCC(C1)N2C)c1ccc(C)cc1. The minimum absolute atomic E-state index is 0.514. The van der Waals surface area contributed by atoms with Crippen LogP contribution in [0.5, 0.6) is 0 Å². The molecule has 3 atom stereocenters. The van der Waals surface area contributed by atoms with E-state index in [1.807, 2.05) is 0 Å². The minimum atomic E-state index is 0.514. The molecule has 116 valence electrons. The Kier molecular flexibility index (Phi) is 4.66. The van der Waals surface area contributed by atoms with Crippen LogP contribution in [0.2, 0.25) is 0 Å². The molecule has 2 heterocycles. The van der Waals surface area contributed by atoms with Gasteiger partial charge in [0.1, 0.15) is 0 Å². The van der Waals surface area contributed by atoms with Crippen LogP contribution in [0.3, 0.4) is 0 Å². The van der Waals surface area contributed by atoms with E-state index in [2.05, 4.69) is 55.4 Å². The summed E-state index contributed by atoms with van der Waals surface area (Å²) in [5.74, 6) is 0. The van der Waals surface area contributed by atoms with E-state index in [1.165, 1.54) is 49.7 Å². The van der Waals surface area contributed by atoms with Gasteiger partial charge in [-0.25, -0.2) is 0 Å². The maximum Gasteiger partial charge on any atom is 0.0320 e. The summed E-state index contributed by atoms with van der Waals surface area (Å²) in [6.45, 7) is 4.46. The van der Waals surface area contributed by atoms with E-state index in [9.17, 15) is 0 Å². The molecule has 0 amide bonds. The Bertz CT molecular complexity index is 439. The molecule has 2 aliphatic rings. The molecule has 0 spiro atoms. The van der Waals surface area contributed by atoms with Gasteiger partial charge in [-0.1, -0.05) is 43.2 Å². The van der Waals surface area contributed by atoms with E-state index >= 15 is 0 Å². The average Bonchev–Trinajstić information content (AvgIpc) is 2.46. The van der Waals surface area contributed by atoms with E-state index in [4.69, 9.17) is 0 Å². The lowest BCUT2D eigenvalue weighted by atomic mass is 9.82. The van der Waals surface area contributed by atoms with Crippen LogP contribution in [0.15, 0.2) is 24.3 Å². The molecule has 2 fully saturated rings. The summed E-state index contributed by atoms with van der Waals surface area (Å²) in [7, 11) is 2.34. The highest BCUT2D eigenvalue weighted by atomic mass is 15.2. The summed E-state index contributed by atoms with van der Waals surface area (Å²) in [6, 6.07) is 11.9. The van der Waals surface area contributed by atoms with Gasteiger partial charge in [-0.15, -0.1) is 0 Å². The van der Waals surface area contributed by atoms with Gasteiger partial charge in [0.25, 0.3) is 0 Å². The number of hydrogen-bond donors (Lipinski definition) is 1. The van der Waals surface area contributed by atoms with Crippen molar-refractivity contribution in [1.29, 1.82) is 0 Å². The molecule has 0 radical (unpaired) electrons. The van der Waals surface area contributed by atoms with E-state index in [-0.39, 0.29) is 0 Å². The molecular weight excluding hydrogens is 256 g/mol. The monoisotopic (exact) mass is 286 g/mol. The van der Waals surface area contributed by atoms with Gasteiger partial charge in [-0.05, 0) is 51.6 Å². The number of nitrogens with zero attached hydrogens (tertiary/aromatic N) is 1. The van der Waals surface area contributed by atoms with Crippen LogP contribution in [-0.2, 0) is 0 Å². The third-order valence-corrected chi connectivity index (χ3v) is 5.66. The fourth-order valence-corrected chi connectivity index (χ4v) is 4.28. The average molecular weight is 286 g/mol. The van der Waals surface area contributed by atoms with E-state index in [0.717, 1.165) is 12.1 Å². The van der Waals surface area contributed by atoms with Gasteiger partial charge in [0, 0.05) is 24.2 Å². The Morgan fingerprint density at radius 1 is 1.14 bits per heavy atom. The molecule has 1 aromatic rings. The van der Waals surface area contributed by atoms with Crippen LogP contribution in [-0.4, -0.2) is 30.1 Å². The number of hydrogen-bond acceptors (Lipinski definition) is 2. The third kappa shape index (κ3) is 3.32. The molecule has 2 nitrogen and oxygen atoms in total. The van der Waals surface area contributed by atoms with Crippen LogP contribution in [0.4, 0.5) is 0 Å². The predicted molar refractivity (Wildman–Crippen MR) is 89.6 cm³/mol. The Labute approximate surface area is 129 Å². The maximum absolute atomic E-state index is 3.96. The van der Waals surface area contributed by atoms with Crippen LogP contribution in [0.1, 0.15) is 62.6 Å². The largest absolute Gasteiger partial charge is 0.307 e. The summed E-state index contributed by atoms with van der Waals surface area (Å²) >= 11 is 0. The van der Waals surface area contributed by atoms with Crippen molar-refractivity contribution in [2.75, 3.05) is 7.05 Å². The molecule has 0 aliphatic carbocycles. The van der Waals surface area contributed by atoms with E-state index in [0.29, 0.717) is 12.1 Å². The number of aryl methyl sites for hydroxylation is 1. The first-order valence-corrected chi connectivity index (χ1v) is 8.72. The molecule has 2 saturated heterocycles. The first kappa shape index (κ1) is 15.1. The topological polar surface area (TPSA) is 15.3 Å². The summed E-state index contributed by atoms with van der Waals surface area (Å²) in [5.41, 5.74) is 2.80. The van der Waals surface area contributed by atoms with Gasteiger partial charge in [0.15, 0.2) is 0 Å². The molecule has 1 N–H and O–H groups in total. The van der Waals surface area contributed by atoms with Gasteiger partial charge in [-0.3, -0.25) is 0 Å². The molecule has 2 heteroatoms. The summed E-state index contributed by atoms with van der Waals surface area (Å²) in [6.07, 6.45) is 8.05. The van der Waals surface area contributed by atoms with Crippen molar-refractivity contribution in [3.63, 3.8) is 0 Å². The van der Waals surface area contributed by atoms with E-state index < -0.39 is 0 Å². The van der Waals surface area contributed by atoms with Crippen LogP contribution >= 0.6 is 0 Å². The fraction of sp³-hybridized carbons (Fsp3) is 0.684. The molecule has 21 heavy (non-hydrogen) atoms. The molecule has 2 aliphatic heterocycles. The zero-order valence-corrected chi connectivity index (χ0v) is 13.8. The number of piperidine rings is 2. The van der Waals surface area contributed by atoms with Gasteiger partial charge in [0.05, 0.1) is 0 Å². The molecule has 2 bridgehead atoms. The summed E-state index contributed by atoms with van der Waals surface area (Å²) in [5, 5.41) is 3.96. The highest BCUT2D eigenvalue weighted by molar-refractivity contribution is 5.24. The Morgan fingerprint density at radius 2 is 1.76 bits per heavy atom. The lowest BCUT2D eigenvalue weighted by Gasteiger charge is -2.48. The second-order valence-corrected chi connectivity index (χ2v) is 7.11. The number of benzene rings is 1. The maximum atomic E-state index is 3.96. The van der Waals surface area contributed by atoms with Gasteiger partial charge in [0.2, 0.25) is 0 Å². The Balaban J connectivity index is 1.66. The first-order valence-electron chi connectivity index (χ1n) is 8.72. The highest BCUT2D eigenvalue weighted by Crippen LogP contribution is 2.33. The standard InChI is InChI=1S/C19H30N2/c1-4-19(15-10-8-14(2)9-11-15)20-16-12-17-6-5-7-18(13-16)21(17)3/h8-11,16-20H,4-7,12-13H2,1-3H3. The zero-order chi connectivity index (χ0) is 14.8. The van der Waals surface area contributed by atoms with Crippen LogP contribution in [0, 0.1) is 6.92 Å². The molecule has 0 saturated carbocycles.